The fraction of sp³-hybridized carbons (Fsp3) is 0.583. The smallest absolute Gasteiger partial charge is 0.414 e. The molecule has 1 aromatic rings. The van der Waals surface area contributed by atoms with Crippen molar-refractivity contribution in [2.45, 2.75) is 45.8 Å². The van der Waals surface area contributed by atoms with Crippen LogP contribution in [0.3, 0.4) is 0 Å². The van der Waals surface area contributed by atoms with Gasteiger partial charge in [0.2, 0.25) is 5.95 Å². The third-order valence-corrected chi connectivity index (χ3v) is 1.88. The SMILES string of the molecule is C[C@H](N)Cc1cnc(NC(=O)OC(C)(C)C)nc1. The van der Waals surface area contributed by atoms with Crippen LogP contribution in [0.2, 0.25) is 0 Å². The number of nitrogens with zero attached hydrogens (tertiary/aromatic N) is 2. The number of anilines is 1. The van der Waals surface area contributed by atoms with Crippen LogP contribution in [-0.2, 0) is 11.2 Å². The molecule has 1 atom stereocenters. The Morgan fingerprint density at radius 2 is 2.00 bits per heavy atom. The van der Waals surface area contributed by atoms with Gasteiger partial charge in [0.05, 0.1) is 0 Å². The molecule has 6 nitrogen and oxygen atoms in total. The molecule has 0 radical (unpaired) electrons. The highest BCUT2D eigenvalue weighted by molar-refractivity contribution is 5.82. The summed E-state index contributed by atoms with van der Waals surface area (Å²) in [5.41, 5.74) is 6.05. The van der Waals surface area contributed by atoms with Gasteiger partial charge in [-0.3, -0.25) is 5.32 Å². The average Bonchev–Trinajstić information content (AvgIpc) is 2.17. The fourth-order valence-electron chi connectivity index (χ4n) is 1.29. The minimum absolute atomic E-state index is 0.0539. The molecule has 1 amide bonds. The van der Waals surface area contributed by atoms with Gasteiger partial charge in [0.15, 0.2) is 0 Å². The molecule has 1 aromatic heterocycles. The molecule has 0 fully saturated rings. The number of hydrogen-bond acceptors (Lipinski definition) is 5. The predicted octanol–water partition coefficient (Wildman–Crippen LogP) is 1.71. The van der Waals surface area contributed by atoms with Gasteiger partial charge in [-0.15, -0.1) is 0 Å². The summed E-state index contributed by atoms with van der Waals surface area (Å²) < 4.78 is 5.09. The molecule has 0 spiro atoms. The maximum absolute atomic E-state index is 11.5. The van der Waals surface area contributed by atoms with Crippen molar-refractivity contribution < 1.29 is 9.53 Å². The number of aromatic nitrogens is 2. The van der Waals surface area contributed by atoms with Gasteiger partial charge in [-0.2, -0.15) is 0 Å². The van der Waals surface area contributed by atoms with Crippen LogP contribution in [-0.4, -0.2) is 27.7 Å². The summed E-state index contributed by atoms with van der Waals surface area (Å²) in [6.07, 6.45) is 3.42. The maximum Gasteiger partial charge on any atom is 0.414 e. The summed E-state index contributed by atoms with van der Waals surface area (Å²) in [4.78, 5) is 19.5. The molecular weight excluding hydrogens is 232 g/mol. The van der Waals surface area contributed by atoms with E-state index in [0.717, 1.165) is 5.56 Å². The van der Waals surface area contributed by atoms with Crippen LogP contribution >= 0.6 is 0 Å². The van der Waals surface area contributed by atoms with Gasteiger partial charge in [-0.25, -0.2) is 14.8 Å². The molecule has 3 N–H and O–H groups in total. The van der Waals surface area contributed by atoms with E-state index in [1.54, 1.807) is 33.2 Å². The Hall–Kier alpha value is -1.69. The Kier molecular flexibility index (Phi) is 4.61. The van der Waals surface area contributed by atoms with Crippen LogP contribution in [0.1, 0.15) is 33.3 Å². The zero-order chi connectivity index (χ0) is 13.8. The number of hydrogen-bond donors (Lipinski definition) is 2. The quantitative estimate of drug-likeness (QED) is 0.854. The molecule has 18 heavy (non-hydrogen) atoms. The van der Waals surface area contributed by atoms with Gasteiger partial charge in [-0.05, 0) is 39.7 Å². The Morgan fingerprint density at radius 3 is 2.44 bits per heavy atom. The van der Waals surface area contributed by atoms with Gasteiger partial charge < -0.3 is 10.5 Å². The second-order valence-electron chi connectivity index (χ2n) is 5.22. The summed E-state index contributed by atoms with van der Waals surface area (Å²) >= 11 is 0. The standard InChI is InChI=1S/C12H20N4O2/c1-8(13)5-9-6-14-10(15-7-9)16-11(17)18-12(2,3)4/h6-8H,5,13H2,1-4H3,(H,14,15,16,17)/t8-/m0/s1. The minimum atomic E-state index is -0.567. The molecule has 0 aliphatic heterocycles. The van der Waals surface area contributed by atoms with E-state index in [1.807, 2.05) is 6.92 Å². The Labute approximate surface area is 107 Å². The highest BCUT2D eigenvalue weighted by atomic mass is 16.6. The van der Waals surface area contributed by atoms with Gasteiger partial charge in [0.25, 0.3) is 0 Å². The third-order valence-electron chi connectivity index (χ3n) is 1.88. The first-order valence-electron chi connectivity index (χ1n) is 5.83. The van der Waals surface area contributed by atoms with Gasteiger partial charge >= 0.3 is 6.09 Å². The zero-order valence-corrected chi connectivity index (χ0v) is 11.2. The summed E-state index contributed by atoms with van der Waals surface area (Å²) in [5, 5.41) is 2.46. The summed E-state index contributed by atoms with van der Waals surface area (Å²) in [7, 11) is 0. The van der Waals surface area contributed by atoms with E-state index in [-0.39, 0.29) is 12.0 Å². The van der Waals surface area contributed by atoms with Crippen LogP contribution in [0.4, 0.5) is 10.7 Å². The van der Waals surface area contributed by atoms with Crippen molar-refractivity contribution in [1.29, 1.82) is 0 Å². The molecule has 6 heteroatoms. The first-order chi connectivity index (χ1) is 8.26. The predicted molar refractivity (Wildman–Crippen MR) is 69.2 cm³/mol. The van der Waals surface area contributed by atoms with E-state index in [0.29, 0.717) is 6.42 Å². The Balaban J connectivity index is 2.56. The van der Waals surface area contributed by atoms with Crippen LogP contribution in [0.15, 0.2) is 12.4 Å². The Bertz CT molecular complexity index is 396. The van der Waals surface area contributed by atoms with Crippen molar-refractivity contribution in [3.63, 3.8) is 0 Å². The van der Waals surface area contributed by atoms with Crippen LogP contribution in [0.25, 0.3) is 0 Å². The second-order valence-corrected chi connectivity index (χ2v) is 5.22. The van der Waals surface area contributed by atoms with Crippen LogP contribution in [0.5, 0.6) is 0 Å². The largest absolute Gasteiger partial charge is 0.444 e. The fourth-order valence-corrected chi connectivity index (χ4v) is 1.29. The lowest BCUT2D eigenvalue weighted by atomic mass is 10.1. The van der Waals surface area contributed by atoms with Crippen molar-refractivity contribution in [2.24, 2.45) is 5.73 Å². The van der Waals surface area contributed by atoms with E-state index in [1.165, 1.54) is 0 Å². The summed E-state index contributed by atoms with van der Waals surface area (Å²) in [6.45, 7) is 7.28. The number of amides is 1. The molecule has 0 aliphatic carbocycles. The second kappa shape index (κ2) is 5.77. The monoisotopic (exact) mass is 252 g/mol. The number of nitrogens with two attached hydrogens (primary N) is 1. The first-order valence-corrected chi connectivity index (χ1v) is 5.83. The molecule has 1 heterocycles. The van der Waals surface area contributed by atoms with Gasteiger partial charge in [0, 0.05) is 18.4 Å². The minimum Gasteiger partial charge on any atom is -0.444 e. The van der Waals surface area contributed by atoms with Crippen molar-refractivity contribution in [3.8, 4) is 0 Å². The molecule has 100 valence electrons. The average molecular weight is 252 g/mol. The molecule has 0 aliphatic rings. The molecule has 0 saturated heterocycles. The first kappa shape index (κ1) is 14.4. The van der Waals surface area contributed by atoms with E-state index in [9.17, 15) is 4.79 Å². The number of nitrogens with one attached hydrogen (secondary N) is 1. The lowest BCUT2D eigenvalue weighted by Gasteiger charge is -2.19. The molecule has 0 saturated carbocycles. The van der Waals surface area contributed by atoms with Crippen LogP contribution < -0.4 is 11.1 Å². The van der Waals surface area contributed by atoms with Gasteiger partial charge in [0.1, 0.15) is 5.60 Å². The van der Waals surface area contributed by atoms with E-state index in [2.05, 4.69) is 15.3 Å². The highest BCUT2D eigenvalue weighted by Gasteiger charge is 2.16. The summed E-state index contributed by atoms with van der Waals surface area (Å²) in [6, 6.07) is 0.0539. The zero-order valence-electron chi connectivity index (χ0n) is 11.2. The lowest BCUT2D eigenvalue weighted by Crippen LogP contribution is -2.27. The van der Waals surface area contributed by atoms with E-state index < -0.39 is 11.7 Å². The van der Waals surface area contributed by atoms with Gasteiger partial charge in [-0.1, -0.05) is 0 Å². The van der Waals surface area contributed by atoms with Crippen molar-refractivity contribution >= 4 is 12.0 Å². The maximum atomic E-state index is 11.5. The van der Waals surface area contributed by atoms with E-state index in [4.69, 9.17) is 10.5 Å². The molecular formula is C12H20N4O2. The number of carbonyl (C=O) groups is 1. The van der Waals surface area contributed by atoms with E-state index >= 15 is 0 Å². The topological polar surface area (TPSA) is 90.1 Å². The molecule has 0 aromatic carbocycles. The van der Waals surface area contributed by atoms with Crippen molar-refractivity contribution in [1.82, 2.24) is 9.97 Å². The molecule has 0 bridgehead atoms. The third kappa shape index (κ3) is 5.58. The lowest BCUT2D eigenvalue weighted by molar-refractivity contribution is 0.0634. The molecule has 1 rings (SSSR count). The van der Waals surface area contributed by atoms with Crippen molar-refractivity contribution in [3.05, 3.63) is 18.0 Å². The molecule has 0 unspecified atom stereocenters. The number of ether oxygens (including phenoxy) is 1. The number of rotatable bonds is 3. The summed E-state index contributed by atoms with van der Waals surface area (Å²) in [5.74, 6) is 0.220. The number of carbonyl (C=O) groups excluding carboxylic acids is 1. The normalized spacial score (nSPS) is 12.9. The highest BCUT2D eigenvalue weighted by Crippen LogP contribution is 2.09. The Morgan fingerprint density at radius 1 is 1.44 bits per heavy atom. The van der Waals surface area contributed by atoms with Crippen LogP contribution in [0, 0.1) is 0 Å². The van der Waals surface area contributed by atoms with Crippen molar-refractivity contribution in [2.75, 3.05) is 5.32 Å².